The molecule has 1 atom stereocenters. The largest absolute Gasteiger partial charge is 0.416 e. The van der Waals surface area contributed by atoms with Crippen molar-refractivity contribution in [3.05, 3.63) is 75.2 Å². The lowest BCUT2D eigenvalue weighted by atomic mass is 10.0. The maximum atomic E-state index is 15.1. The number of aromatic nitrogens is 5. The van der Waals surface area contributed by atoms with Crippen LogP contribution in [0.25, 0.3) is 37.5 Å². The number of nitrogens with zero attached hydrogens (tertiary/aromatic N) is 5. The Balaban J connectivity index is 1.57. The molecule has 0 spiro atoms. The van der Waals surface area contributed by atoms with Gasteiger partial charge in [-0.25, -0.2) is 19.0 Å². The highest BCUT2D eigenvalue weighted by molar-refractivity contribution is 7.22. The minimum Gasteiger partial charge on any atom is -0.381 e. The van der Waals surface area contributed by atoms with E-state index < -0.39 is 23.0 Å². The molecule has 0 saturated carbocycles. The SMILES string of the molecule is Cc1nc2c(=O)c(-c3cc4cc([C@@H]5CCOC5)ncc4s3)nn(-c3ccc(C(F)(F)F)cc3F)c2nc1C. The lowest BCUT2D eigenvalue weighted by Gasteiger charge is -2.14. The van der Waals surface area contributed by atoms with Crippen LogP contribution in [0.15, 0.2) is 41.3 Å². The summed E-state index contributed by atoms with van der Waals surface area (Å²) in [5.41, 5.74) is -0.185. The molecule has 0 aliphatic carbocycles. The van der Waals surface area contributed by atoms with Crippen LogP contribution in [-0.2, 0) is 10.9 Å². The molecule has 0 N–H and O–H groups in total. The van der Waals surface area contributed by atoms with Crippen LogP contribution in [0.3, 0.4) is 0 Å². The predicted octanol–water partition coefficient (Wildman–Crippen LogP) is 5.73. The fourth-order valence-electron chi connectivity index (χ4n) is 4.45. The van der Waals surface area contributed by atoms with Crippen LogP contribution >= 0.6 is 11.3 Å². The molecule has 12 heteroatoms. The van der Waals surface area contributed by atoms with Crippen molar-refractivity contribution in [2.24, 2.45) is 0 Å². The molecule has 1 aliphatic heterocycles. The number of hydrogen-bond donors (Lipinski definition) is 0. The van der Waals surface area contributed by atoms with E-state index in [0.717, 1.165) is 39.0 Å². The summed E-state index contributed by atoms with van der Waals surface area (Å²) in [6.07, 6.45) is -2.10. The van der Waals surface area contributed by atoms with Gasteiger partial charge >= 0.3 is 6.18 Å². The lowest BCUT2D eigenvalue weighted by molar-refractivity contribution is -0.137. The summed E-state index contributed by atoms with van der Waals surface area (Å²) in [5.74, 6) is -0.963. The van der Waals surface area contributed by atoms with Crippen molar-refractivity contribution >= 4 is 32.6 Å². The second-order valence-corrected chi connectivity index (χ2v) is 10.2. The minimum atomic E-state index is -4.72. The number of alkyl halides is 3. The van der Waals surface area contributed by atoms with Gasteiger partial charge in [-0.1, -0.05) is 0 Å². The summed E-state index contributed by atoms with van der Waals surface area (Å²) >= 11 is 1.29. The zero-order valence-electron chi connectivity index (χ0n) is 20.1. The first kappa shape index (κ1) is 24.6. The maximum Gasteiger partial charge on any atom is 0.416 e. The Morgan fingerprint density at radius 3 is 2.61 bits per heavy atom. The zero-order chi connectivity index (χ0) is 26.8. The molecular formula is C26H19F4N5O2S. The van der Waals surface area contributed by atoms with Crippen LogP contribution in [0.1, 0.15) is 35.0 Å². The molecular weight excluding hydrogens is 522 g/mol. The molecule has 7 nitrogen and oxygen atoms in total. The number of benzene rings is 1. The number of halogens is 4. The van der Waals surface area contributed by atoms with Gasteiger partial charge in [0, 0.05) is 24.4 Å². The fourth-order valence-corrected chi connectivity index (χ4v) is 5.44. The van der Waals surface area contributed by atoms with Crippen molar-refractivity contribution in [2.45, 2.75) is 32.4 Å². The van der Waals surface area contributed by atoms with Crippen molar-refractivity contribution in [2.75, 3.05) is 13.2 Å². The van der Waals surface area contributed by atoms with Gasteiger partial charge in [0.15, 0.2) is 16.9 Å². The Bertz CT molecular complexity index is 1790. The molecule has 1 aliphatic rings. The first-order valence-corrected chi connectivity index (χ1v) is 12.5. The third kappa shape index (κ3) is 4.13. The van der Waals surface area contributed by atoms with Crippen LogP contribution in [0.2, 0.25) is 0 Å². The molecule has 1 saturated heterocycles. The van der Waals surface area contributed by atoms with Crippen LogP contribution in [0.5, 0.6) is 0 Å². The van der Waals surface area contributed by atoms with Crippen molar-refractivity contribution in [1.82, 2.24) is 24.7 Å². The van der Waals surface area contributed by atoms with E-state index in [-0.39, 0.29) is 28.5 Å². The highest BCUT2D eigenvalue weighted by Crippen LogP contribution is 2.35. The van der Waals surface area contributed by atoms with E-state index in [1.807, 2.05) is 6.07 Å². The van der Waals surface area contributed by atoms with Gasteiger partial charge in [-0.15, -0.1) is 11.3 Å². The summed E-state index contributed by atoms with van der Waals surface area (Å²) in [4.78, 5) is 27.4. The van der Waals surface area contributed by atoms with E-state index in [4.69, 9.17) is 4.74 Å². The van der Waals surface area contributed by atoms with Gasteiger partial charge in [-0.3, -0.25) is 9.78 Å². The highest BCUT2D eigenvalue weighted by atomic mass is 32.1. The molecule has 4 aromatic heterocycles. The summed E-state index contributed by atoms with van der Waals surface area (Å²) < 4.78 is 61.9. The van der Waals surface area contributed by atoms with Crippen molar-refractivity contribution in [3.63, 3.8) is 0 Å². The molecule has 1 aromatic carbocycles. The van der Waals surface area contributed by atoms with E-state index in [9.17, 15) is 18.0 Å². The van der Waals surface area contributed by atoms with Crippen molar-refractivity contribution in [3.8, 4) is 16.3 Å². The summed E-state index contributed by atoms with van der Waals surface area (Å²) in [5, 5.41) is 5.27. The molecule has 38 heavy (non-hydrogen) atoms. The number of rotatable bonds is 3. The standard InChI is InChI=1S/C26H19F4N5O2S/c1-12-13(2)33-25-23(32-12)24(36)22(34-35(25)19-4-3-16(9-17(19)27)26(28,29)30)20-8-15-7-18(14-5-6-37-11-14)31-10-21(15)38-20/h3-4,7-10,14H,5-6,11H2,1-2H3/t14-/m1/s1. The highest BCUT2D eigenvalue weighted by Gasteiger charge is 2.32. The molecule has 5 heterocycles. The first-order valence-electron chi connectivity index (χ1n) is 11.7. The van der Waals surface area contributed by atoms with Crippen LogP contribution in [0.4, 0.5) is 17.6 Å². The zero-order valence-corrected chi connectivity index (χ0v) is 21.0. The predicted molar refractivity (Wildman–Crippen MR) is 134 cm³/mol. The van der Waals surface area contributed by atoms with Crippen LogP contribution in [0, 0.1) is 19.7 Å². The summed E-state index contributed by atoms with van der Waals surface area (Å²) in [6.45, 7) is 4.63. The van der Waals surface area contributed by atoms with Gasteiger partial charge in [0.05, 0.1) is 33.1 Å². The quantitative estimate of drug-likeness (QED) is 0.271. The molecule has 5 aromatic rings. The molecule has 6 rings (SSSR count). The number of aryl methyl sites for hydroxylation is 2. The van der Waals surface area contributed by atoms with Crippen LogP contribution < -0.4 is 5.43 Å². The van der Waals surface area contributed by atoms with E-state index in [1.165, 1.54) is 11.3 Å². The molecule has 0 radical (unpaired) electrons. The number of pyridine rings is 1. The number of ether oxygens (including phenoxy) is 1. The smallest absolute Gasteiger partial charge is 0.381 e. The summed E-state index contributed by atoms with van der Waals surface area (Å²) in [7, 11) is 0. The summed E-state index contributed by atoms with van der Waals surface area (Å²) in [6, 6.07) is 5.89. The van der Waals surface area contributed by atoms with Gasteiger partial charge in [0.2, 0.25) is 5.43 Å². The van der Waals surface area contributed by atoms with Crippen molar-refractivity contribution < 1.29 is 22.3 Å². The number of fused-ring (bicyclic) bond motifs is 2. The van der Waals surface area contributed by atoms with Crippen molar-refractivity contribution in [1.29, 1.82) is 0 Å². The first-order chi connectivity index (χ1) is 18.1. The number of thiophene rings is 1. The molecule has 1 fully saturated rings. The van der Waals surface area contributed by atoms with Gasteiger partial charge < -0.3 is 4.74 Å². The van der Waals surface area contributed by atoms with E-state index in [0.29, 0.717) is 35.5 Å². The molecule has 0 unspecified atom stereocenters. The van der Waals surface area contributed by atoms with Gasteiger partial charge in [-0.2, -0.15) is 18.3 Å². The lowest BCUT2D eigenvalue weighted by Crippen LogP contribution is -2.19. The Morgan fingerprint density at radius 2 is 1.89 bits per heavy atom. The van der Waals surface area contributed by atoms with Crippen LogP contribution in [-0.4, -0.2) is 37.9 Å². The second kappa shape index (κ2) is 8.91. The molecule has 194 valence electrons. The maximum absolute atomic E-state index is 15.1. The Kier molecular flexibility index (Phi) is 5.76. The third-order valence-corrected chi connectivity index (χ3v) is 7.72. The van der Waals surface area contributed by atoms with Gasteiger partial charge in [0.1, 0.15) is 11.5 Å². The molecule has 0 bridgehead atoms. The van der Waals surface area contributed by atoms with Gasteiger partial charge in [0.25, 0.3) is 0 Å². The molecule has 0 amide bonds. The average Bonchev–Trinajstić information content (AvgIpc) is 3.55. The fraction of sp³-hybridized carbons (Fsp3) is 0.269. The topological polar surface area (TPSA) is 82.8 Å². The van der Waals surface area contributed by atoms with E-state index in [2.05, 4.69) is 20.1 Å². The minimum absolute atomic E-state index is 0.0127. The van der Waals surface area contributed by atoms with E-state index in [1.54, 1.807) is 26.1 Å². The van der Waals surface area contributed by atoms with E-state index >= 15 is 4.39 Å². The second-order valence-electron chi connectivity index (χ2n) is 9.14. The Morgan fingerprint density at radius 1 is 1.11 bits per heavy atom. The Hall–Kier alpha value is -3.77. The average molecular weight is 542 g/mol. The monoisotopic (exact) mass is 541 g/mol. The Labute approximate surface area is 216 Å². The van der Waals surface area contributed by atoms with Gasteiger partial charge in [-0.05, 0) is 56.0 Å². The number of hydrogen-bond acceptors (Lipinski definition) is 7. The normalized spacial score (nSPS) is 16.1. The third-order valence-electron chi connectivity index (χ3n) is 6.63.